The Morgan fingerprint density at radius 3 is 2.40 bits per heavy atom. The molecule has 4 rings (SSSR count). The molecule has 2 aliphatic rings. The zero-order valence-electron chi connectivity index (χ0n) is 20.5. The Morgan fingerprint density at radius 2 is 1.80 bits per heavy atom. The van der Waals surface area contributed by atoms with E-state index in [2.05, 4.69) is 5.32 Å². The van der Waals surface area contributed by atoms with Gasteiger partial charge in [-0.15, -0.1) is 0 Å². The van der Waals surface area contributed by atoms with E-state index in [9.17, 15) is 19.2 Å². The van der Waals surface area contributed by atoms with Gasteiger partial charge >= 0.3 is 5.97 Å². The normalized spacial score (nSPS) is 16.4. The van der Waals surface area contributed by atoms with Crippen molar-refractivity contribution in [3.63, 3.8) is 0 Å². The number of likely N-dealkylation sites (tertiary alicyclic amines) is 1. The smallest absolute Gasteiger partial charge is 0.308 e. The van der Waals surface area contributed by atoms with Gasteiger partial charge in [0.15, 0.2) is 11.5 Å². The number of carbonyl (C=O) groups excluding carboxylic acids is 3. The first kappa shape index (κ1) is 24.6. The molecule has 2 amide bonds. The van der Waals surface area contributed by atoms with Crippen LogP contribution in [0.2, 0.25) is 0 Å². The minimum Gasteiger partial charge on any atom is -0.469 e. The molecule has 0 saturated carbocycles. The van der Waals surface area contributed by atoms with E-state index in [1.54, 1.807) is 21.6 Å². The lowest BCUT2D eigenvalue weighted by atomic mass is 9.95. The summed E-state index contributed by atoms with van der Waals surface area (Å²) < 4.78 is 17.5. The number of nitrogens with one attached hydrogen (secondary N) is 1. The number of hydrogen-bond donors (Lipinski definition) is 1. The van der Waals surface area contributed by atoms with Crippen LogP contribution >= 0.6 is 0 Å². The maximum absolute atomic E-state index is 13.3. The summed E-state index contributed by atoms with van der Waals surface area (Å²) in [5.41, 5.74) is 0.165. The van der Waals surface area contributed by atoms with Crippen LogP contribution in [-0.2, 0) is 20.9 Å². The summed E-state index contributed by atoms with van der Waals surface area (Å²) in [6, 6.07) is 2.53. The van der Waals surface area contributed by atoms with Crippen molar-refractivity contribution in [2.24, 2.45) is 11.8 Å². The molecule has 1 aromatic carbocycles. The molecule has 2 aromatic rings. The molecule has 0 spiro atoms. The van der Waals surface area contributed by atoms with Crippen LogP contribution < -0.4 is 20.2 Å². The second-order valence-electron chi connectivity index (χ2n) is 9.20. The van der Waals surface area contributed by atoms with E-state index in [1.807, 2.05) is 20.8 Å². The van der Waals surface area contributed by atoms with Crippen molar-refractivity contribution < 1.29 is 28.6 Å². The van der Waals surface area contributed by atoms with E-state index in [1.165, 1.54) is 13.3 Å². The lowest BCUT2D eigenvalue weighted by molar-refractivity contribution is -0.149. The Kier molecular flexibility index (Phi) is 7.00. The molecule has 35 heavy (non-hydrogen) atoms. The average molecular weight is 486 g/mol. The average Bonchev–Trinajstić information content (AvgIpc) is 3.33. The van der Waals surface area contributed by atoms with Crippen LogP contribution in [0.5, 0.6) is 11.5 Å². The molecule has 2 aliphatic heterocycles. The fraction of sp³-hybridized carbons (Fsp3) is 0.520. The van der Waals surface area contributed by atoms with Gasteiger partial charge in [0.25, 0.3) is 5.91 Å². The van der Waals surface area contributed by atoms with Crippen LogP contribution in [-0.4, -0.2) is 60.3 Å². The van der Waals surface area contributed by atoms with Gasteiger partial charge in [-0.3, -0.25) is 19.2 Å². The van der Waals surface area contributed by atoms with Crippen LogP contribution in [0.3, 0.4) is 0 Å². The van der Waals surface area contributed by atoms with Gasteiger partial charge < -0.3 is 29.0 Å². The predicted octanol–water partition coefficient (Wildman–Crippen LogP) is 1.92. The lowest BCUT2D eigenvalue weighted by Gasteiger charge is -2.34. The number of aryl methyl sites for hydroxylation is 1. The van der Waals surface area contributed by atoms with Crippen LogP contribution in [0, 0.1) is 11.8 Å². The summed E-state index contributed by atoms with van der Waals surface area (Å²) in [4.78, 5) is 53.3. The number of nitrogens with zero attached hydrogens (tertiary/aromatic N) is 2. The molecule has 1 fully saturated rings. The number of aromatic nitrogens is 1. The van der Waals surface area contributed by atoms with E-state index in [4.69, 9.17) is 14.2 Å². The third kappa shape index (κ3) is 4.69. The maximum Gasteiger partial charge on any atom is 0.308 e. The summed E-state index contributed by atoms with van der Waals surface area (Å²) in [7, 11) is 1.36. The molecular formula is C25H31N3O7. The number of pyridine rings is 1. The number of methoxy groups -OCH3 is 1. The molecule has 1 aromatic heterocycles. The van der Waals surface area contributed by atoms with Crippen LogP contribution in [0.1, 0.15) is 44.0 Å². The summed E-state index contributed by atoms with van der Waals surface area (Å²) >= 11 is 0. The van der Waals surface area contributed by atoms with Gasteiger partial charge in [0, 0.05) is 31.9 Å². The summed E-state index contributed by atoms with van der Waals surface area (Å²) in [6.07, 6.45) is 2.55. The third-order valence-corrected chi connectivity index (χ3v) is 6.72. The molecule has 3 heterocycles. The Labute approximate surface area is 203 Å². The van der Waals surface area contributed by atoms with Crippen molar-refractivity contribution in [2.75, 3.05) is 27.0 Å². The third-order valence-electron chi connectivity index (χ3n) is 6.72. The summed E-state index contributed by atoms with van der Waals surface area (Å²) in [5.74, 6) is -0.510. The highest BCUT2D eigenvalue weighted by molar-refractivity contribution is 6.00. The summed E-state index contributed by atoms with van der Waals surface area (Å²) in [6.45, 7) is 7.01. The van der Waals surface area contributed by atoms with Crippen LogP contribution in [0.15, 0.2) is 23.1 Å². The van der Waals surface area contributed by atoms with Gasteiger partial charge in [-0.05, 0) is 31.7 Å². The fourth-order valence-corrected chi connectivity index (χ4v) is 4.63. The Bertz CT molecular complexity index is 1210. The highest BCUT2D eigenvalue weighted by Gasteiger charge is 2.34. The number of carbonyl (C=O) groups is 3. The van der Waals surface area contributed by atoms with Crippen molar-refractivity contribution >= 4 is 28.7 Å². The first-order chi connectivity index (χ1) is 16.7. The summed E-state index contributed by atoms with van der Waals surface area (Å²) in [5, 5.41) is 3.14. The Hall–Kier alpha value is -3.56. The topological polar surface area (TPSA) is 116 Å². The zero-order valence-corrected chi connectivity index (χ0v) is 20.5. The minimum absolute atomic E-state index is 0.0407. The number of piperidine rings is 1. The first-order valence-electron chi connectivity index (χ1n) is 11.9. The van der Waals surface area contributed by atoms with Gasteiger partial charge in [-0.2, -0.15) is 0 Å². The number of rotatable bonds is 6. The Morgan fingerprint density at radius 1 is 1.14 bits per heavy atom. The molecule has 188 valence electrons. The van der Waals surface area contributed by atoms with E-state index in [0.29, 0.717) is 54.9 Å². The molecule has 1 saturated heterocycles. The lowest BCUT2D eigenvalue weighted by Crippen LogP contribution is -2.53. The Balaban J connectivity index is 1.57. The van der Waals surface area contributed by atoms with Gasteiger partial charge in [0.2, 0.25) is 18.1 Å². The number of esters is 1. The first-order valence-corrected chi connectivity index (χ1v) is 11.9. The quantitative estimate of drug-likeness (QED) is 0.622. The van der Waals surface area contributed by atoms with Crippen molar-refractivity contribution in [1.29, 1.82) is 0 Å². The fourth-order valence-electron chi connectivity index (χ4n) is 4.63. The monoisotopic (exact) mass is 485 g/mol. The number of fused-ring (bicyclic) bond motifs is 2. The van der Waals surface area contributed by atoms with Gasteiger partial charge in [-0.25, -0.2) is 0 Å². The number of benzene rings is 1. The van der Waals surface area contributed by atoms with Crippen molar-refractivity contribution in [2.45, 2.75) is 46.2 Å². The molecule has 10 heteroatoms. The van der Waals surface area contributed by atoms with Gasteiger partial charge in [0.1, 0.15) is 11.6 Å². The van der Waals surface area contributed by atoms with Crippen LogP contribution in [0.4, 0.5) is 0 Å². The molecule has 0 aliphatic carbocycles. The van der Waals surface area contributed by atoms with E-state index in [0.717, 1.165) is 0 Å². The maximum atomic E-state index is 13.3. The van der Waals surface area contributed by atoms with Crippen molar-refractivity contribution in [3.8, 4) is 11.5 Å². The zero-order chi connectivity index (χ0) is 25.3. The molecule has 10 nitrogen and oxygen atoms in total. The highest BCUT2D eigenvalue weighted by atomic mass is 16.7. The standard InChI is InChI=1S/C25H31N3O7/c1-5-27-12-17(22(29)16-10-19-20(11-18(16)27)35-13-34-19)23(30)26-21(14(2)3)24(31)28-8-6-15(7-9-28)25(32)33-4/h10-12,14-15,21H,5-9,13H2,1-4H3,(H,26,30). The van der Waals surface area contributed by atoms with Gasteiger partial charge in [0.05, 0.1) is 23.9 Å². The molecular weight excluding hydrogens is 454 g/mol. The molecule has 0 radical (unpaired) electrons. The van der Waals surface area contributed by atoms with E-state index in [-0.39, 0.29) is 36.1 Å². The van der Waals surface area contributed by atoms with Gasteiger partial charge in [-0.1, -0.05) is 13.8 Å². The minimum atomic E-state index is -0.806. The SMILES string of the molecule is CCn1cc(C(=O)NC(C(=O)N2CCC(C(=O)OC)CC2)C(C)C)c(=O)c2cc3c(cc21)OCO3. The second kappa shape index (κ2) is 9.97. The number of amides is 2. The molecule has 1 N–H and O–H groups in total. The molecule has 0 bridgehead atoms. The van der Waals surface area contributed by atoms with E-state index < -0.39 is 17.4 Å². The largest absolute Gasteiger partial charge is 0.469 e. The van der Waals surface area contributed by atoms with Crippen molar-refractivity contribution in [3.05, 3.63) is 34.1 Å². The predicted molar refractivity (Wildman–Crippen MR) is 127 cm³/mol. The molecule has 1 atom stereocenters. The number of ether oxygens (including phenoxy) is 3. The number of hydrogen-bond acceptors (Lipinski definition) is 7. The van der Waals surface area contributed by atoms with E-state index >= 15 is 0 Å². The second-order valence-corrected chi connectivity index (χ2v) is 9.20. The molecule has 1 unspecified atom stereocenters. The highest BCUT2D eigenvalue weighted by Crippen LogP contribution is 2.35. The van der Waals surface area contributed by atoms with Crippen molar-refractivity contribution in [1.82, 2.24) is 14.8 Å². The van der Waals surface area contributed by atoms with Crippen LogP contribution in [0.25, 0.3) is 10.9 Å².